The molecule has 0 fully saturated rings. The number of benzene rings is 1. The van der Waals surface area contributed by atoms with Gasteiger partial charge in [0.05, 0.1) is 12.1 Å². The molecule has 6 heteroatoms. The first-order valence-electron chi connectivity index (χ1n) is 7.27. The van der Waals surface area contributed by atoms with Crippen molar-refractivity contribution in [3.8, 4) is 11.8 Å². The van der Waals surface area contributed by atoms with E-state index < -0.39 is 11.7 Å². The van der Waals surface area contributed by atoms with E-state index in [0.717, 1.165) is 25.0 Å². The lowest BCUT2D eigenvalue weighted by Gasteiger charge is -2.15. The Kier molecular flexibility index (Phi) is 5.69. The Morgan fingerprint density at radius 1 is 1.22 bits per heavy atom. The summed E-state index contributed by atoms with van der Waals surface area (Å²) in [6, 6.07) is 5.15. The molecule has 0 aromatic heterocycles. The van der Waals surface area contributed by atoms with Crippen LogP contribution in [0.1, 0.15) is 24.0 Å². The molecular weight excluding hydrogens is 303 g/mol. The lowest BCUT2D eigenvalue weighted by atomic mass is 10.1. The Labute approximate surface area is 133 Å². The van der Waals surface area contributed by atoms with E-state index in [0.29, 0.717) is 24.1 Å². The normalized spacial score (nSPS) is 15.2. The number of alkyl halides is 3. The molecule has 0 aliphatic heterocycles. The van der Waals surface area contributed by atoms with E-state index in [2.05, 4.69) is 39.6 Å². The fourth-order valence-corrected chi connectivity index (χ4v) is 2.14. The second-order valence-corrected chi connectivity index (χ2v) is 5.09. The summed E-state index contributed by atoms with van der Waals surface area (Å²) < 4.78 is 37.4. The minimum absolute atomic E-state index is 0.351. The lowest BCUT2D eigenvalue weighted by molar-refractivity contribution is -0.137. The standard InChI is InChI=1S/C17H18F3N3/c1-21-16(23-15-6-2-3-7-15)22-12-4-5-13-8-10-14(11-9-13)17(18,19)20/h2-3,8-11,15H,6-7,12H2,1H3,(H2,21,22,23). The van der Waals surface area contributed by atoms with E-state index in [1.807, 2.05) is 0 Å². The van der Waals surface area contributed by atoms with Gasteiger partial charge in [0, 0.05) is 18.7 Å². The van der Waals surface area contributed by atoms with Crippen LogP contribution in [0.3, 0.4) is 0 Å². The third-order valence-corrected chi connectivity index (χ3v) is 3.36. The van der Waals surface area contributed by atoms with E-state index in [9.17, 15) is 13.2 Å². The van der Waals surface area contributed by atoms with Gasteiger partial charge in [-0.25, -0.2) is 0 Å². The molecule has 0 amide bonds. The summed E-state index contributed by atoms with van der Waals surface area (Å²) in [7, 11) is 1.68. The molecule has 122 valence electrons. The minimum atomic E-state index is -4.32. The van der Waals surface area contributed by atoms with Crippen LogP contribution in [0, 0.1) is 11.8 Å². The first-order chi connectivity index (χ1) is 11.0. The molecule has 2 rings (SSSR count). The Balaban J connectivity index is 1.82. The van der Waals surface area contributed by atoms with E-state index >= 15 is 0 Å². The highest BCUT2D eigenvalue weighted by Gasteiger charge is 2.29. The highest BCUT2D eigenvalue weighted by atomic mass is 19.4. The van der Waals surface area contributed by atoms with Crippen molar-refractivity contribution in [3.05, 3.63) is 47.5 Å². The molecule has 1 aliphatic carbocycles. The third-order valence-electron chi connectivity index (χ3n) is 3.36. The molecule has 2 N–H and O–H groups in total. The number of hydrogen-bond donors (Lipinski definition) is 2. The molecule has 0 saturated carbocycles. The maximum Gasteiger partial charge on any atom is 0.416 e. The van der Waals surface area contributed by atoms with Gasteiger partial charge in [-0.2, -0.15) is 13.2 Å². The van der Waals surface area contributed by atoms with Crippen LogP contribution in [0.5, 0.6) is 0 Å². The van der Waals surface area contributed by atoms with Crippen molar-refractivity contribution in [2.45, 2.75) is 25.1 Å². The van der Waals surface area contributed by atoms with Gasteiger partial charge in [-0.05, 0) is 37.1 Å². The maximum atomic E-state index is 12.5. The third kappa shape index (κ3) is 5.37. The molecule has 1 aliphatic rings. The van der Waals surface area contributed by atoms with Crippen LogP contribution in [0.15, 0.2) is 41.4 Å². The van der Waals surface area contributed by atoms with E-state index in [1.54, 1.807) is 7.05 Å². The molecule has 0 bridgehead atoms. The van der Waals surface area contributed by atoms with Crippen molar-refractivity contribution in [3.63, 3.8) is 0 Å². The van der Waals surface area contributed by atoms with E-state index in [-0.39, 0.29) is 0 Å². The van der Waals surface area contributed by atoms with Gasteiger partial charge in [0.25, 0.3) is 0 Å². The van der Waals surface area contributed by atoms with Gasteiger partial charge in [0.15, 0.2) is 5.96 Å². The molecule has 3 nitrogen and oxygen atoms in total. The van der Waals surface area contributed by atoms with Gasteiger partial charge in [0.2, 0.25) is 0 Å². The molecule has 1 aromatic carbocycles. The summed E-state index contributed by atoms with van der Waals surface area (Å²) in [6.45, 7) is 0.362. The number of hydrogen-bond acceptors (Lipinski definition) is 1. The zero-order chi connectivity index (χ0) is 16.7. The van der Waals surface area contributed by atoms with Crippen molar-refractivity contribution in [1.82, 2.24) is 10.6 Å². The zero-order valence-electron chi connectivity index (χ0n) is 12.7. The van der Waals surface area contributed by atoms with Gasteiger partial charge in [0.1, 0.15) is 0 Å². The van der Waals surface area contributed by atoms with Crippen molar-refractivity contribution >= 4 is 5.96 Å². The molecule has 0 spiro atoms. The Hall–Kier alpha value is -2.42. The number of rotatable bonds is 2. The summed E-state index contributed by atoms with van der Waals surface area (Å²) >= 11 is 0. The van der Waals surface area contributed by atoms with Crippen molar-refractivity contribution < 1.29 is 13.2 Å². The SMILES string of the molecule is CN=C(NCC#Cc1ccc(C(F)(F)F)cc1)NC1CC=CC1. The molecular formula is C17H18F3N3. The fourth-order valence-electron chi connectivity index (χ4n) is 2.14. The molecule has 23 heavy (non-hydrogen) atoms. The summed E-state index contributed by atoms with van der Waals surface area (Å²) in [4.78, 5) is 4.11. The fraction of sp³-hybridized carbons (Fsp3) is 0.353. The highest BCUT2D eigenvalue weighted by Crippen LogP contribution is 2.28. The summed E-state index contributed by atoms with van der Waals surface area (Å²) in [5, 5.41) is 6.33. The second kappa shape index (κ2) is 7.73. The maximum absolute atomic E-state index is 12.5. The van der Waals surface area contributed by atoms with Crippen molar-refractivity contribution in [1.29, 1.82) is 0 Å². The Morgan fingerprint density at radius 3 is 2.43 bits per heavy atom. The van der Waals surface area contributed by atoms with Crippen LogP contribution in [-0.4, -0.2) is 25.6 Å². The van der Waals surface area contributed by atoms with Gasteiger partial charge in [-0.1, -0.05) is 24.0 Å². The minimum Gasteiger partial charge on any atom is -0.353 e. The Morgan fingerprint density at radius 2 is 1.87 bits per heavy atom. The Bertz CT molecular complexity index is 626. The van der Waals surface area contributed by atoms with Crippen molar-refractivity contribution in [2.24, 2.45) is 4.99 Å². The highest BCUT2D eigenvalue weighted by molar-refractivity contribution is 5.80. The molecule has 0 atom stereocenters. The monoisotopic (exact) mass is 321 g/mol. The average Bonchev–Trinajstić information content (AvgIpc) is 3.03. The molecule has 1 aromatic rings. The topological polar surface area (TPSA) is 36.4 Å². The van der Waals surface area contributed by atoms with Crippen LogP contribution < -0.4 is 10.6 Å². The van der Waals surface area contributed by atoms with Gasteiger partial charge in [-0.15, -0.1) is 0 Å². The number of nitrogens with zero attached hydrogens (tertiary/aromatic N) is 1. The molecule has 0 saturated heterocycles. The molecule has 0 heterocycles. The summed E-state index contributed by atoms with van der Waals surface area (Å²) in [5.41, 5.74) is -0.126. The van der Waals surface area contributed by atoms with E-state index in [1.165, 1.54) is 12.1 Å². The van der Waals surface area contributed by atoms with Gasteiger partial charge in [-0.3, -0.25) is 4.99 Å². The number of guanidine groups is 1. The number of nitrogens with one attached hydrogen (secondary N) is 2. The second-order valence-electron chi connectivity index (χ2n) is 5.09. The van der Waals surface area contributed by atoms with Gasteiger partial charge < -0.3 is 10.6 Å². The van der Waals surface area contributed by atoms with E-state index in [4.69, 9.17) is 0 Å². The smallest absolute Gasteiger partial charge is 0.353 e. The zero-order valence-corrected chi connectivity index (χ0v) is 12.7. The predicted octanol–water partition coefficient (Wildman–Crippen LogP) is 2.94. The first-order valence-corrected chi connectivity index (χ1v) is 7.27. The van der Waals surface area contributed by atoms with Crippen molar-refractivity contribution in [2.75, 3.05) is 13.6 Å². The molecule has 0 unspecified atom stereocenters. The number of halogens is 3. The lowest BCUT2D eigenvalue weighted by Crippen LogP contribution is -2.42. The molecule has 0 radical (unpaired) electrons. The largest absolute Gasteiger partial charge is 0.416 e. The summed E-state index contributed by atoms with van der Waals surface area (Å²) in [6.07, 6.45) is 1.86. The average molecular weight is 321 g/mol. The predicted molar refractivity (Wildman–Crippen MR) is 85.0 cm³/mol. The number of aliphatic imine (C=N–C) groups is 1. The summed E-state index contributed by atoms with van der Waals surface area (Å²) in [5.74, 6) is 6.36. The first kappa shape index (κ1) is 16.9. The van der Waals surface area contributed by atoms with Crippen LogP contribution in [0.2, 0.25) is 0 Å². The van der Waals surface area contributed by atoms with Crippen LogP contribution in [0.25, 0.3) is 0 Å². The quantitative estimate of drug-likeness (QED) is 0.380. The van der Waals surface area contributed by atoms with Crippen LogP contribution >= 0.6 is 0 Å². The van der Waals surface area contributed by atoms with Crippen LogP contribution in [-0.2, 0) is 6.18 Å². The van der Waals surface area contributed by atoms with Gasteiger partial charge >= 0.3 is 6.18 Å². The van der Waals surface area contributed by atoms with Crippen LogP contribution in [0.4, 0.5) is 13.2 Å².